The van der Waals surface area contributed by atoms with Crippen LogP contribution in [0.1, 0.15) is 48.0 Å². The number of benzene rings is 1. The van der Waals surface area contributed by atoms with Crippen LogP contribution in [0.2, 0.25) is 0 Å². The van der Waals surface area contributed by atoms with Crippen molar-refractivity contribution < 1.29 is 24.2 Å². The van der Waals surface area contributed by atoms with E-state index in [1.165, 1.54) is 0 Å². The van der Waals surface area contributed by atoms with Gasteiger partial charge in [0, 0.05) is 29.6 Å². The quantitative estimate of drug-likeness (QED) is 0.492. The van der Waals surface area contributed by atoms with Crippen molar-refractivity contribution in [2.24, 2.45) is 17.8 Å². The number of nitrogens with zero attached hydrogens (tertiary/aromatic N) is 3. The molecule has 1 N–H and O–H groups in total. The number of hydrogen-bond acceptors (Lipinski definition) is 6. The molecule has 0 bridgehead atoms. The summed E-state index contributed by atoms with van der Waals surface area (Å²) in [6.07, 6.45) is 8.65. The SMILES string of the molecule is CCOc1ccc(N2CC=C[C@H]3S[C@]45C=CCN(C(C)(C)C)C(=O)C4N([C@@H](CO)CC(C)C)C(=O)[C@@H]5[C@H]3C2=O)cc1. The minimum atomic E-state index is -0.907. The van der Waals surface area contributed by atoms with E-state index in [2.05, 4.69) is 13.8 Å². The fourth-order valence-electron chi connectivity index (χ4n) is 7.01. The molecule has 1 aromatic rings. The lowest BCUT2D eigenvalue weighted by Crippen LogP contribution is -2.59. The average Bonchev–Trinajstić information content (AvgIpc) is 3.22. The molecule has 222 valence electrons. The normalized spacial score (nSPS) is 30.3. The Kier molecular flexibility index (Phi) is 8.07. The van der Waals surface area contributed by atoms with Gasteiger partial charge in [0.2, 0.25) is 17.7 Å². The summed E-state index contributed by atoms with van der Waals surface area (Å²) in [5, 5.41) is 10.3. The minimum absolute atomic E-state index is 0.116. The Labute approximate surface area is 247 Å². The Hall–Kier alpha value is -2.78. The van der Waals surface area contributed by atoms with Gasteiger partial charge in [-0.05, 0) is 64.3 Å². The molecule has 0 aliphatic carbocycles. The van der Waals surface area contributed by atoms with E-state index in [0.29, 0.717) is 26.1 Å². The van der Waals surface area contributed by atoms with E-state index < -0.39 is 34.2 Å². The third-order valence-electron chi connectivity index (χ3n) is 8.71. The molecule has 0 aromatic heterocycles. The van der Waals surface area contributed by atoms with Gasteiger partial charge in [0.25, 0.3) is 0 Å². The Balaban J connectivity index is 1.60. The predicted octanol–water partition coefficient (Wildman–Crippen LogP) is 3.89. The molecular formula is C32H43N3O5S. The second-order valence-corrected chi connectivity index (χ2v) is 14.4. The summed E-state index contributed by atoms with van der Waals surface area (Å²) in [7, 11) is 0. The van der Waals surface area contributed by atoms with Crippen molar-refractivity contribution in [3.05, 3.63) is 48.6 Å². The Morgan fingerprint density at radius 1 is 1.05 bits per heavy atom. The van der Waals surface area contributed by atoms with Crippen LogP contribution >= 0.6 is 11.8 Å². The number of ether oxygens (including phenoxy) is 1. The molecule has 9 heteroatoms. The first-order chi connectivity index (χ1) is 19.4. The van der Waals surface area contributed by atoms with Gasteiger partial charge in [0.15, 0.2) is 0 Å². The molecule has 0 saturated carbocycles. The van der Waals surface area contributed by atoms with Crippen molar-refractivity contribution >= 4 is 35.2 Å². The molecule has 4 aliphatic heterocycles. The number of rotatable bonds is 7. The van der Waals surface area contributed by atoms with Gasteiger partial charge in [-0.3, -0.25) is 14.4 Å². The van der Waals surface area contributed by atoms with E-state index >= 15 is 0 Å². The van der Waals surface area contributed by atoms with Gasteiger partial charge in [0.05, 0.1) is 35.8 Å². The van der Waals surface area contributed by atoms with Crippen molar-refractivity contribution in [1.29, 1.82) is 0 Å². The van der Waals surface area contributed by atoms with Crippen molar-refractivity contribution in [1.82, 2.24) is 9.80 Å². The molecule has 1 spiro atoms. The molecule has 0 radical (unpaired) electrons. The van der Waals surface area contributed by atoms with E-state index in [9.17, 15) is 19.5 Å². The first-order valence-electron chi connectivity index (χ1n) is 14.8. The summed E-state index contributed by atoms with van der Waals surface area (Å²) in [5.41, 5.74) is 0.285. The van der Waals surface area contributed by atoms with Gasteiger partial charge < -0.3 is 24.5 Å². The van der Waals surface area contributed by atoms with Gasteiger partial charge in [0.1, 0.15) is 11.8 Å². The van der Waals surface area contributed by atoms with Crippen LogP contribution in [-0.4, -0.2) is 86.6 Å². The first-order valence-corrected chi connectivity index (χ1v) is 15.6. The predicted molar refractivity (Wildman–Crippen MR) is 162 cm³/mol. The number of amides is 3. The first kappa shape index (κ1) is 29.7. The van der Waals surface area contributed by atoms with Crippen LogP contribution in [0.15, 0.2) is 48.6 Å². The van der Waals surface area contributed by atoms with Crippen molar-refractivity contribution in [3.63, 3.8) is 0 Å². The maximum absolute atomic E-state index is 14.6. The number of anilines is 1. The fraction of sp³-hybridized carbons (Fsp3) is 0.594. The molecule has 5 rings (SSSR count). The van der Waals surface area contributed by atoms with Crippen LogP contribution in [-0.2, 0) is 14.4 Å². The highest BCUT2D eigenvalue weighted by Gasteiger charge is 2.72. The summed E-state index contributed by atoms with van der Waals surface area (Å²) < 4.78 is 4.68. The lowest BCUT2D eigenvalue weighted by Gasteiger charge is -2.42. The summed E-state index contributed by atoms with van der Waals surface area (Å²) >= 11 is 1.57. The fourth-order valence-corrected chi connectivity index (χ4v) is 9.01. The summed E-state index contributed by atoms with van der Waals surface area (Å²) in [6.45, 7) is 13.2. The smallest absolute Gasteiger partial charge is 0.247 e. The lowest BCUT2D eigenvalue weighted by atomic mass is 9.78. The van der Waals surface area contributed by atoms with Crippen LogP contribution in [0.3, 0.4) is 0 Å². The topological polar surface area (TPSA) is 90.4 Å². The maximum Gasteiger partial charge on any atom is 0.247 e. The van der Waals surface area contributed by atoms with Gasteiger partial charge in [-0.15, -0.1) is 11.8 Å². The number of carbonyl (C=O) groups is 3. The molecule has 41 heavy (non-hydrogen) atoms. The number of aliphatic hydroxyl groups excluding tert-OH is 1. The number of thioether (sulfide) groups is 1. The molecular weight excluding hydrogens is 538 g/mol. The van der Waals surface area contributed by atoms with Gasteiger partial charge in [-0.25, -0.2) is 0 Å². The molecule has 1 unspecified atom stereocenters. The highest BCUT2D eigenvalue weighted by atomic mass is 32.2. The van der Waals surface area contributed by atoms with Crippen molar-refractivity contribution in [2.45, 2.75) is 75.6 Å². The Bertz CT molecular complexity index is 1240. The summed E-state index contributed by atoms with van der Waals surface area (Å²) in [6, 6.07) is 6.15. The van der Waals surface area contributed by atoms with Gasteiger partial charge in [-0.1, -0.05) is 38.2 Å². The Morgan fingerprint density at radius 2 is 1.76 bits per heavy atom. The third kappa shape index (κ3) is 4.99. The second kappa shape index (κ2) is 11.1. The van der Waals surface area contributed by atoms with E-state index in [1.54, 1.807) is 21.6 Å². The zero-order chi connectivity index (χ0) is 29.7. The third-order valence-corrected chi connectivity index (χ3v) is 10.5. The number of aliphatic hydroxyl groups is 1. The lowest BCUT2D eigenvalue weighted by molar-refractivity contribution is -0.148. The van der Waals surface area contributed by atoms with E-state index in [0.717, 1.165) is 11.4 Å². The van der Waals surface area contributed by atoms with E-state index in [4.69, 9.17) is 4.74 Å². The molecule has 8 nitrogen and oxygen atoms in total. The van der Waals surface area contributed by atoms with E-state index in [-0.39, 0.29) is 35.5 Å². The summed E-state index contributed by atoms with van der Waals surface area (Å²) in [4.78, 5) is 48.7. The highest BCUT2D eigenvalue weighted by Crippen LogP contribution is 2.61. The second-order valence-electron chi connectivity index (χ2n) is 12.9. The monoisotopic (exact) mass is 581 g/mol. The van der Waals surface area contributed by atoms with Crippen molar-refractivity contribution in [2.75, 3.05) is 31.2 Å². The van der Waals surface area contributed by atoms with Gasteiger partial charge >= 0.3 is 0 Å². The van der Waals surface area contributed by atoms with Crippen molar-refractivity contribution in [3.8, 4) is 5.75 Å². The van der Waals surface area contributed by atoms with Crippen LogP contribution in [0, 0.1) is 17.8 Å². The molecule has 4 heterocycles. The van der Waals surface area contributed by atoms with Gasteiger partial charge in [-0.2, -0.15) is 0 Å². The largest absolute Gasteiger partial charge is 0.494 e. The molecule has 4 aliphatic rings. The van der Waals surface area contributed by atoms with Crippen LogP contribution in [0.25, 0.3) is 0 Å². The maximum atomic E-state index is 14.6. The summed E-state index contributed by atoms with van der Waals surface area (Å²) in [5.74, 6) is -0.855. The minimum Gasteiger partial charge on any atom is -0.494 e. The van der Waals surface area contributed by atoms with Crippen LogP contribution < -0.4 is 9.64 Å². The molecule has 2 fully saturated rings. The standard InChI is InChI=1S/C32H43N3O5S/c1-7-40-23-13-11-21(12-14-23)33-16-8-10-24-25(28(33)37)26-29(38)35(22(19-36)18-20(2)3)27-30(39)34(31(4,5)6)17-9-15-32(26,27)41-24/h8-15,20,22,24-27,36H,7,16-19H2,1-6H3/t22-,24-,25+,26+,27?,32+/m1/s1. The highest BCUT2D eigenvalue weighted by molar-refractivity contribution is 8.02. The zero-order valence-electron chi connectivity index (χ0n) is 24.9. The number of likely N-dealkylation sites (tertiary alicyclic amines) is 1. The number of hydrogen-bond donors (Lipinski definition) is 1. The zero-order valence-corrected chi connectivity index (χ0v) is 25.8. The number of carbonyl (C=O) groups excluding carboxylic acids is 3. The average molecular weight is 582 g/mol. The van der Waals surface area contributed by atoms with Crippen LogP contribution in [0.5, 0.6) is 5.75 Å². The Morgan fingerprint density at radius 3 is 2.37 bits per heavy atom. The molecule has 6 atom stereocenters. The number of fused-ring (bicyclic) bond motifs is 2. The van der Waals surface area contributed by atoms with E-state index in [1.807, 2.05) is 81.2 Å². The molecule has 2 saturated heterocycles. The molecule has 1 aromatic carbocycles. The van der Waals surface area contributed by atoms with Crippen LogP contribution in [0.4, 0.5) is 5.69 Å². The molecule has 3 amide bonds.